The predicted molar refractivity (Wildman–Crippen MR) is 132 cm³/mol. The van der Waals surface area contributed by atoms with Gasteiger partial charge in [0.2, 0.25) is 0 Å². The summed E-state index contributed by atoms with van der Waals surface area (Å²) in [6, 6.07) is 9.69. The number of halogens is 1. The van der Waals surface area contributed by atoms with Crippen molar-refractivity contribution in [1.82, 2.24) is 20.4 Å². The molecular formula is C22H40IN5. The van der Waals surface area contributed by atoms with E-state index in [9.17, 15) is 0 Å². The molecule has 1 fully saturated rings. The molecule has 0 amide bonds. The molecule has 2 unspecified atom stereocenters. The van der Waals surface area contributed by atoms with Crippen molar-refractivity contribution in [3.05, 3.63) is 35.4 Å². The first-order chi connectivity index (χ1) is 12.9. The van der Waals surface area contributed by atoms with Crippen molar-refractivity contribution in [1.29, 1.82) is 0 Å². The average Bonchev–Trinajstić information content (AvgIpc) is 2.65. The minimum atomic E-state index is 0. The zero-order valence-electron chi connectivity index (χ0n) is 18.5. The Morgan fingerprint density at radius 3 is 2.18 bits per heavy atom. The van der Waals surface area contributed by atoms with Crippen LogP contribution in [-0.4, -0.2) is 68.6 Å². The number of hydrogen-bond donors (Lipinski definition) is 2. The van der Waals surface area contributed by atoms with E-state index in [0.29, 0.717) is 12.0 Å². The first-order valence-corrected chi connectivity index (χ1v) is 10.4. The lowest BCUT2D eigenvalue weighted by molar-refractivity contribution is 0.120. The van der Waals surface area contributed by atoms with Crippen molar-refractivity contribution in [3.63, 3.8) is 0 Å². The van der Waals surface area contributed by atoms with E-state index < -0.39 is 0 Å². The lowest BCUT2D eigenvalue weighted by Crippen LogP contribution is -2.52. The van der Waals surface area contributed by atoms with Gasteiger partial charge in [0.25, 0.3) is 0 Å². The Morgan fingerprint density at radius 2 is 1.64 bits per heavy atom. The van der Waals surface area contributed by atoms with E-state index in [2.05, 4.69) is 84.4 Å². The molecule has 0 spiro atoms. The minimum absolute atomic E-state index is 0. The number of likely N-dealkylation sites (N-methyl/N-ethyl adjacent to an activating group) is 1. The van der Waals surface area contributed by atoms with Gasteiger partial charge in [-0.3, -0.25) is 9.89 Å². The van der Waals surface area contributed by atoms with Gasteiger partial charge in [-0.05, 0) is 44.4 Å². The summed E-state index contributed by atoms with van der Waals surface area (Å²) in [5, 5.41) is 7.02. The van der Waals surface area contributed by atoms with Crippen LogP contribution in [0.15, 0.2) is 29.3 Å². The van der Waals surface area contributed by atoms with E-state index >= 15 is 0 Å². The highest BCUT2D eigenvalue weighted by atomic mass is 127. The summed E-state index contributed by atoms with van der Waals surface area (Å²) >= 11 is 0. The molecule has 2 atom stereocenters. The highest BCUT2D eigenvalue weighted by molar-refractivity contribution is 14.0. The molecule has 2 N–H and O–H groups in total. The molecule has 5 nitrogen and oxygen atoms in total. The molecule has 1 heterocycles. The monoisotopic (exact) mass is 501 g/mol. The summed E-state index contributed by atoms with van der Waals surface area (Å²) in [5.41, 5.74) is 2.70. The maximum atomic E-state index is 4.41. The highest BCUT2D eigenvalue weighted by Crippen LogP contribution is 2.15. The number of hydrogen-bond acceptors (Lipinski definition) is 3. The largest absolute Gasteiger partial charge is 0.355 e. The van der Waals surface area contributed by atoms with Crippen LogP contribution >= 0.6 is 24.0 Å². The summed E-state index contributed by atoms with van der Waals surface area (Å²) in [7, 11) is 4.04. The number of piperazine rings is 1. The summed E-state index contributed by atoms with van der Waals surface area (Å²) in [4.78, 5) is 9.35. The number of benzene rings is 1. The molecule has 1 aliphatic heterocycles. The SMILES string of the molecule is CN=C(NCC(C)N1CCN(C)CC1)NC(C)c1ccc(CC(C)C)cc1.I. The van der Waals surface area contributed by atoms with E-state index in [0.717, 1.165) is 45.1 Å². The van der Waals surface area contributed by atoms with Crippen LogP contribution in [0.4, 0.5) is 0 Å². The number of aliphatic imine (C=N–C) groups is 1. The maximum Gasteiger partial charge on any atom is 0.191 e. The van der Waals surface area contributed by atoms with Gasteiger partial charge in [0.05, 0.1) is 6.04 Å². The molecule has 1 aromatic rings. The van der Waals surface area contributed by atoms with Crippen LogP contribution in [0.1, 0.15) is 44.9 Å². The van der Waals surface area contributed by atoms with E-state index in [-0.39, 0.29) is 30.0 Å². The fourth-order valence-corrected chi connectivity index (χ4v) is 3.53. The molecule has 0 radical (unpaired) electrons. The molecular weight excluding hydrogens is 461 g/mol. The Kier molecular flexibility index (Phi) is 11.4. The lowest BCUT2D eigenvalue weighted by atomic mass is 10.00. The number of nitrogens with zero attached hydrogens (tertiary/aromatic N) is 3. The summed E-state index contributed by atoms with van der Waals surface area (Å²) in [5.74, 6) is 1.56. The third-order valence-electron chi connectivity index (χ3n) is 5.43. The number of guanidine groups is 1. The van der Waals surface area contributed by atoms with E-state index in [1.165, 1.54) is 11.1 Å². The van der Waals surface area contributed by atoms with Crippen molar-refractivity contribution in [2.75, 3.05) is 46.8 Å². The Labute approximate surface area is 189 Å². The van der Waals surface area contributed by atoms with Gasteiger partial charge in [0.15, 0.2) is 5.96 Å². The van der Waals surface area contributed by atoms with Crippen LogP contribution in [-0.2, 0) is 6.42 Å². The molecule has 6 heteroatoms. The van der Waals surface area contributed by atoms with Crippen molar-refractivity contribution in [3.8, 4) is 0 Å². The van der Waals surface area contributed by atoms with Gasteiger partial charge in [-0.25, -0.2) is 0 Å². The first kappa shape index (κ1) is 25.2. The Bertz CT molecular complexity index is 579. The third-order valence-corrected chi connectivity index (χ3v) is 5.43. The van der Waals surface area contributed by atoms with Gasteiger partial charge in [0.1, 0.15) is 0 Å². The van der Waals surface area contributed by atoms with Crippen LogP contribution in [0.25, 0.3) is 0 Å². The van der Waals surface area contributed by atoms with Gasteiger partial charge < -0.3 is 15.5 Å². The zero-order valence-corrected chi connectivity index (χ0v) is 20.9. The van der Waals surface area contributed by atoms with Crippen LogP contribution in [0.5, 0.6) is 0 Å². The fraction of sp³-hybridized carbons (Fsp3) is 0.682. The van der Waals surface area contributed by atoms with Gasteiger partial charge in [-0.2, -0.15) is 0 Å². The molecule has 160 valence electrons. The molecule has 28 heavy (non-hydrogen) atoms. The van der Waals surface area contributed by atoms with E-state index in [4.69, 9.17) is 0 Å². The molecule has 0 saturated carbocycles. The summed E-state index contributed by atoms with van der Waals surface area (Å²) < 4.78 is 0. The smallest absolute Gasteiger partial charge is 0.191 e. The Balaban J connectivity index is 0.00000392. The van der Waals surface area contributed by atoms with Gasteiger partial charge in [-0.15, -0.1) is 24.0 Å². The summed E-state index contributed by atoms with van der Waals surface area (Å²) in [6.45, 7) is 14.5. The second-order valence-electron chi connectivity index (χ2n) is 8.35. The Morgan fingerprint density at radius 1 is 1.04 bits per heavy atom. The predicted octanol–water partition coefficient (Wildman–Crippen LogP) is 3.37. The standard InChI is InChI=1S/C22H39N5.HI/c1-17(2)15-20-7-9-21(10-8-20)19(4)25-22(23-5)24-16-18(3)27-13-11-26(6)12-14-27;/h7-10,17-19H,11-16H2,1-6H3,(H2,23,24,25);1H. The molecule has 0 aromatic heterocycles. The molecule has 1 aliphatic rings. The van der Waals surface area contributed by atoms with Crippen LogP contribution < -0.4 is 10.6 Å². The maximum absolute atomic E-state index is 4.41. The minimum Gasteiger partial charge on any atom is -0.355 e. The Hall–Kier alpha value is -0.860. The number of nitrogens with one attached hydrogen (secondary N) is 2. The molecule has 1 aromatic carbocycles. The normalized spacial score (nSPS) is 18.5. The topological polar surface area (TPSA) is 42.9 Å². The quantitative estimate of drug-likeness (QED) is 0.342. The third kappa shape index (κ3) is 8.25. The first-order valence-electron chi connectivity index (χ1n) is 10.4. The van der Waals surface area contributed by atoms with Gasteiger partial charge in [0, 0.05) is 45.8 Å². The molecule has 1 saturated heterocycles. The van der Waals surface area contributed by atoms with Crippen molar-refractivity contribution < 1.29 is 0 Å². The van der Waals surface area contributed by atoms with Crippen LogP contribution in [0.2, 0.25) is 0 Å². The number of rotatable bonds is 7. The lowest BCUT2D eigenvalue weighted by Gasteiger charge is -2.36. The van der Waals surface area contributed by atoms with E-state index in [1.807, 2.05) is 7.05 Å². The average molecular weight is 502 g/mol. The molecule has 2 rings (SSSR count). The summed E-state index contributed by atoms with van der Waals surface area (Å²) in [6.07, 6.45) is 1.13. The van der Waals surface area contributed by atoms with Crippen molar-refractivity contribution in [2.24, 2.45) is 10.9 Å². The van der Waals surface area contributed by atoms with E-state index in [1.54, 1.807) is 0 Å². The molecule has 0 bridgehead atoms. The van der Waals surface area contributed by atoms with Crippen LogP contribution in [0, 0.1) is 5.92 Å². The zero-order chi connectivity index (χ0) is 19.8. The van der Waals surface area contributed by atoms with Crippen LogP contribution in [0.3, 0.4) is 0 Å². The van der Waals surface area contributed by atoms with Gasteiger partial charge in [-0.1, -0.05) is 38.1 Å². The van der Waals surface area contributed by atoms with Crippen molar-refractivity contribution >= 4 is 29.9 Å². The fourth-order valence-electron chi connectivity index (χ4n) is 3.53. The highest BCUT2D eigenvalue weighted by Gasteiger charge is 2.19. The second kappa shape index (κ2) is 12.6. The molecule has 0 aliphatic carbocycles. The van der Waals surface area contributed by atoms with Gasteiger partial charge >= 0.3 is 0 Å². The van der Waals surface area contributed by atoms with Crippen molar-refractivity contribution in [2.45, 2.75) is 46.2 Å². The second-order valence-corrected chi connectivity index (χ2v) is 8.35.